The fourth-order valence-corrected chi connectivity index (χ4v) is 2.32. The Morgan fingerprint density at radius 3 is 2.69 bits per heavy atom. The molecule has 16 heavy (non-hydrogen) atoms. The molecular formula is C12H20NO2P. The van der Waals surface area contributed by atoms with Gasteiger partial charge in [0, 0.05) is 6.04 Å². The second kappa shape index (κ2) is 7.75. The lowest BCUT2D eigenvalue weighted by Crippen LogP contribution is -2.24. The van der Waals surface area contributed by atoms with Gasteiger partial charge in [0.25, 0.3) is 8.53 Å². The van der Waals surface area contributed by atoms with Crippen LogP contribution in [0.1, 0.15) is 25.8 Å². The van der Waals surface area contributed by atoms with Gasteiger partial charge in [-0.15, -0.1) is 0 Å². The molecule has 4 heteroatoms. The summed E-state index contributed by atoms with van der Waals surface area (Å²) in [6.45, 7) is 4.68. The van der Waals surface area contributed by atoms with E-state index in [1.807, 2.05) is 32.0 Å². The quantitative estimate of drug-likeness (QED) is 0.721. The van der Waals surface area contributed by atoms with Crippen LogP contribution >= 0.6 is 8.53 Å². The highest BCUT2D eigenvalue weighted by Gasteiger charge is 2.10. The molecule has 90 valence electrons. The zero-order chi connectivity index (χ0) is 11.8. The van der Waals surface area contributed by atoms with E-state index in [-0.39, 0.29) is 6.04 Å². The Labute approximate surface area is 98.8 Å². The Hall–Kier alpha value is -0.470. The third-order valence-electron chi connectivity index (χ3n) is 2.13. The smallest absolute Gasteiger partial charge is 0.253 e. The normalized spacial score (nSPS) is 14.7. The Morgan fingerprint density at radius 2 is 2.06 bits per heavy atom. The first kappa shape index (κ1) is 13.6. The predicted octanol–water partition coefficient (Wildman–Crippen LogP) is 2.85. The number of benzene rings is 1. The van der Waals surface area contributed by atoms with Gasteiger partial charge >= 0.3 is 0 Å². The van der Waals surface area contributed by atoms with E-state index < -0.39 is 8.53 Å². The van der Waals surface area contributed by atoms with Crippen LogP contribution in [0, 0.1) is 0 Å². The molecule has 0 spiro atoms. The number of hydrogen-bond donors (Lipinski definition) is 2. The van der Waals surface area contributed by atoms with Crippen LogP contribution in [0.4, 0.5) is 0 Å². The summed E-state index contributed by atoms with van der Waals surface area (Å²) < 4.78 is 5.21. The van der Waals surface area contributed by atoms with Crippen LogP contribution in [-0.4, -0.2) is 17.5 Å². The summed E-state index contributed by atoms with van der Waals surface area (Å²) in [5.41, 5.74) is 1.27. The highest BCUT2D eigenvalue weighted by molar-refractivity contribution is 7.43. The first-order valence-electron chi connectivity index (χ1n) is 5.64. The summed E-state index contributed by atoms with van der Waals surface area (Å²) in [6.07, 6.45) is 1.82. The van der Waals surface area contributed by atoms with Gasteiger partial charge in [0.15, 0.2) is 0 Å². The molecule has 0 radical (unpaired) electrons. The maximum absolute atomic E-state index is 9.56. The minimum absolute atomic E-state index is 0.218. The molecule has 0 saturated heterocycles. The molecule has 0 fully saturated rings. The molecule has 3 nitrogen and oxygen atoms in total. The van der Waals surface area contributed by atoms with Crippen LogP contribution in [0.3, 0.4) is 0 Å². The highest BCUT2D eigenvalue weighted by atomic mass is 31.2. The maximum atomic E-state index is 9.56. The second-order valence-electron chi connectivity index (χ2n) is 3.83. The summed E-state index contributed by atoms with van der Waals surface area (Å²) in [4.78, 5) is 9.56. The fourth-order valence-electron chi connectivity index (χ4n) is 1.42. The summed E-state index contributed by atoms with van der Waals surface area (Å²) in [5, 5.41) is 3.06. The SMILES string of the molecule is CCCOP(O)NC(C)Cc1ccccc1. The Balaban J connectivity index is 2.27. The molecule has 0 aliphatic rings. The average Bonchev–Trinajstić information content (AvgIpc) is 2.27. The first-order valence-corrected chi connectivity index (χ1v) is 6.85. The fraction of sp³-hybridized carbons (Fsp3) is 0.500. The van der Waals surface area contributed by atoms with Gasteiger partial charge in [0.05, 0.1) is 6.61 Å². The van der Waals surface area contributed by atoms with E-state index in [9.17, 15) is 4.89 Å². The van der Waals surface area contributed by atoms with E-state index in [1.165, 1.54) is 5.56 Å². The molecule has 0 bridgehead atoms. The largest absolute Gasteiger partial charge is 0.338 e. The number of nitrogens with one attached hydrogen (secondary N) is 1. The lowest BCUT2D eigenvalue weighted by Gasteiger charge is -2.17. The van der Waals surface area contributed by atoms with Gasteiger partial charge in [-0.1, -0.05) is 37.3 Å². The van der Waals surface area contributed by atoms with Crippen LogP contribution in [-0.2, 0) is 10.9 Å². The van der Waals surface area contributed by atoms with Crippen molar-refractivity contribution in [3.8, 4) is 0 Å². The van der Waals surface area contributed by atoms with Crippen molar-refractivity contribution in [1.29, 1.82) is 0 Å². The minimum Gasteiger partial charge on any atom is -0.338 e. The van der Waals surface area contributed by atoms with Gasteiger partial charge < -0.3 is 9.42 Å². The van der Waals surface area contributed by atoms with E-state index in [1.54, 1.807) is 0 Å². The highest BCUT2D eigenvalue weighted by Crippen LogP contribution is 2.27. The monoisotopic (exact) mass is 241 g/mol. The number of hydrogen-bond acceptors (Lipinski definition) is 3. The standard InChI is InChI=1S/C12H20NO2P/c1-3-9-15-16(14)13-11(2)10-12-7-5-4-6-8-12/h4-8,11,13-14H,3,9-10H2,1-2H3. The van der Waals surface area contributed by atoms with Crippen LogP contribution in [0.2, 0.25) is 0 Å². The van der Waals surface area contributed by atoms with Gasteiger partial charge in [0.2, 0.25) is 0 Å². The van der Waals surface area contributed by atoms with E-state index in [0.717, 1.165) is 12.8 Å². The van der Waals surface area contributed by atoms with Crippen molar-refractivity contribution < 1.29 is 9.42 Å². The summed E-state index contributed by atoms with van der Waals surface area (Å²) in [6, 6.07) is 10.4. The summed E-state index contributed by atoms with van der Waals surface area (Å²) in [5.74, 6) is 0. The second-order valence-corrected chi connectivity index (χ2v) is 4.89. The number of rotatable bonds is 7. The summed E-state index contributed by atoms with van der Waals surface area (Å²) >= 11 is 0. The van der Waals surface area contributed by atoms with Crippen molar-refractivity contribution in [1.82, 2.24) is 5.09 Å². The van der Waals surface area contributed by atoms with E-state index >= 15 is 0 Å². The molecule has 0 aliphatic carbocycles. The molecule has 0 saturated carbocycles. The molecule has 0 amide bonds. The van der Waals surface area contributed by atoms with Crippen LogP contribution in [0.15, 0.2) is 30.3 Å². The van der Waals surface area contributed by atoms with Gasteiger partial charge in [-0.05, 0) is 25.3 Å². The van der Waals surface area contributed by atoms with Crippen molar-refractivity contribution >= 4 is 8.53 Å². The van der Waals surface area contributed by atoms with Crippen molar-refractivity contribution in [2.45, 2.75) is 32.7 Å². The lowest BCUT2D eigenvalue weighted by molar-refractivity contribution is 0.298. The third-order valence-corrected chi connectivity index (χ3v) is 3.22. The van der Waals surface area contributed by atoms with Crippen LogP contribution in [0.5, 0.6) is 0 Å². The van der Waals surface area contributed by atoms with Gasteiger partial charge in [0.1, 0.15) is 0 Å². The van der Waals surface area contributed by atoms with Crippen LogP contribution in [0.25, 0.3) is 0 Å². The van der Waals surface area contributed by atoms with Gasteiger partial charge in [-0.2, -0.15) is 0 Å². The summed E-state index contributed by atoms with van der Waals surface area (Å²) in [7, 11) is -1.47. The Morgan fingerprint density at radius 1 is 1.38 bits per heavy atom. The molecule has 1 rings (SSSR count). The van der Waals surface area contributed by atoms with Gasteiger partial charge in [-0.3, -0.25) is 0 Å². The molecule has 2 N–H and O–H groups in total. The maximum Gasteiger partial charge on any atom is 0.253 e. The zero-order valence-electron chi connectivity index (χ0n) is 9.89. The predicted molar refractivity (Wildman–Crippen MR) is 68.1 cm³/mol. The van der Waals surface area contributed by atoms with Crippen molar-refractivity contribution in [3.63, 3.8) is 0 Å². The first-order chi connectivity index (χ1) is 7.72. The van der Waals surface area contributed by atoms with Crippen molar-refractivity contribution in [2.24, 2.45) is 0 Å². The van der Waals surface area contributed by atoms with Crippen molar-refractivity contribution in [3.05, 3.63) is 35.9 Å². The lowest BCUT2D eigenvalue weighted by atomic mass is 10.1. The Kier molecular flexibility index (Phi) is 6.58. The third kappa shape index (κ3) is 5.57. The molecule has 1 aromatic rings. The molecule has 0 heterocycles. The Bertz CT molecular complexity index is 282. The van der Waals surface area contributed by atoms with Crippen LogP contribution < -0.4 is 5.09 Å². The molecule has 2 atom stereocenters. The van der Waals surface area contributed by atoms with E-state index in [0.29, 0.717) is 6.61 Å². The minimum atomic E-state index is -1.47. The van der Waals surface area contributed by atoms with E-state index in [4.69, 9.17) is 4.52 Å². The topological polar surface area (TPSA) is 41.5 Å². The molecule has 2 unspecified atom stereocenters. The van der Waals surface area contributed by atoms with Crippen molar-refractivity contribution in [2.75, 3.05) is 6.61 Å². The zero-order valence-corrected chi connectivity index (χ0v) is 10.8. The average molecular weight is 241 g/mol. The molecule has 1 aromatic carbocycles. The molecular weight excluding hydrogens is 221 g/mol. The molecule has 0 aromatic heterocycles. The van der Waals surface area contributed by atoms with E-state index in [2.05, 4.69) is 17.2 Å². The van der Waals surface area contributed by atoms with Gasteiger partial charge in [-0.25, -0.2) is 5.09 Å². The molecule has 0 aliphatic heterocycles.